The van der Waals surface area contributed by atoms with Crippen LogP contribution in [0.4, 0.5) is 5.69 Å². The van der Waals surface area contributed by atoms with Crippen LogP contribution in [0.25, 0.3) is 6.08 Å². The number of nitrogens with one attached hydrogen (secondary N) is 2. The monoisotopic (exact) mass is 537 g/mol. The van der Waals surface area contributed by atoms with Gasteiger partial charge in [-0.2, -0.15) is 0 Å². The number of hydrogen-bond acceptors (Lipinski definition) is 8. The van der Waals surface area contributed by atoms with Crippen molar-refractivity contribution < 1.29 is 23.8 Å². The van der Waals surface area contributed by atoms with Gasteiger partial charge in [0.1, 0.15) is 5.75 Å². The Labute approximate surface area is 226 Å². The number of rotatable bonds is 14. The summed E-state index contributed by atoms with van der Waals surface area (Å²) in [4.78, 5) is 25.0. The second-order valence-electron chi connectivity index (χ2n) is 7.73. The number of thioether (sulfide) groups is 1. The average Bonchev–Trinajstić information content (AvgIpc) is 3.32. The van der Waals surface area contributed by atoms with Crippen molar-refractivity contribution >= 4 is 35.3 Å². The van der Waals surface area contributed by atoms with Crippen LogP contribution < -0.4 is 24.8 Å². The molecule has 0 aliphatic rings. The number of ether oxygens (including phenoxy) is 3. The number of nitrogens with zero attached hydrogens (tertiary/aromatic N) is 3. The molecule has 0 fully saturated rings. The molecule has 38 heavy (non-hydrogen) atoms. The molecule has 0 spiro atoms. The van der Waals surface area contributed by atoms with Gasteiger partial charge in [0.15, 0.2) is 22.5 Å². The first-order chi connectivity index (χ1) is 18.5. The highest BCUT2D eigenvalue weighted by Gasteiger charge is 2.15. The molecule has 0 atom stereocenters. The molecule has 2 amide bonds. The SMILES string of the molecule is C=CCn1c(CNC(=O)C=Cc2ccc(OC)c(OC)c2)nnc1SCC(=O)Nc1ccccc1OCC. The van der Waals surface area contributed by atoms with Crippen LogP contribution in [0.15, 0.2) is 66.4 Å². The van der Waals surface area contributed by atoms with E-state index in [0.29, 0.717) is 47.1 Å². The summed E-state index contributed by atoms with van der Waals surface area (Å²) in [7, 11) is 3.12. The minimum Gasteiger partial charge on any atom is -0.493 e. The lowest BCUT2D eigenvalue weighted by Crippen LogP contribution is -2.23. The molecule has 1 heterocycles. The molecule has 2 aromatic carbocycles. The van der Waals surface area contributed by atoms with Gasteiger partial charge in [0.25, 0.3) is 0 Å². The summed E-state index contributed by atoms with van der Waals surface area (Å²) in [6.45, 7) is 6.75. The normalized spacial score (nSPS) is 10.7. The zero-order valence-electron chi connectivity index (χ0n) is 21.6. The van der Waals surface area contributed by atoms with E-state index in [1.807, 2.05) is 25.1 Å². The van der Waals surface area contributed by atoms with Crippen LogP contribution in [0, 0.1) is 0 Å². The minimum absolute atomic E-state index is 0.121. The lowest BCUT2D eigenvalue weighted by atomic mass is 10.2. The molecular weight excluding hydrogens is 506 g/mol. The van der Waals surface area contributed by atoms with Gasteiger partial charge in [-0.25, -0.2) is 0 Å². The number of para-hydroxylation sites is 2. The molecule has 3 rings (SSSR count). The smallest absolute Gasteiger partial charge is 0.244 e. The zero-order chi connectivity index (χ0) is 27.3. The van der Waals surface area contributed by atoms with Gasteiger partial charge in [0.2, 0.25) is 11.8 Å². The number of benzene rings is 2. The molecule has 0 bridgehead atoms. The van der Waals surface area contributed by atoms with Crippen molar-refractivity contribution in [2.45, 2.75) is 25.2 Å². The van der Waals surface area contributed by atoms with Crippen molar-refractivity contribution in [3.8, 4) is 17.2 Å². The van der Waals surface area contributed by atoms with E-state index in [4.69, 9.17) is 14.2 Å². The maximum atomic E-state index is 12.6. The fourth-order valence-corrected chi connectivity index (χ4v) is 4.16. The van der Waals surface area contributed by atoms with E-state index < -0.39 is 0 Å². The molecule has 0 radical (unpaired) electrons. The topological polar surface area (TPSA) is 117 Å². The number of methoxy groups -OCH3 is 2. The number of aromatic nitrogens is 3. The van der Waals surface area contributed by atoms with Crippen LogP contribution in [0.5, 0.6) is 17.2 Å². The number of carbonyl (C=O) groups excluding carboxylic acids is 2. The van der Waals surface area contributed by atoms with Crippen LogP contribution in [-0.4, -0.2) is 53.2 Å². The molecule has 3 aromatic rings. The van der Waals surface area contributed by atoms with Gasteiger partial charge in [-0.3, -0.25) is 9.59 Å². The highest BCUT2D eigenvalue weighted by Crippen LogP contribution is 2.28. The summed E-state index contributed by atoms with van der Waals surface area (Å²) in [6, 6.07) is 12.6. The first-order valence-corrected chi connectivity index (χ1v) is 12.8. The van der Waals surface area contributed by atoms with Crippen molar-refractivity contribution in [1.82, 2.24) is 20.1 Å². The van der Waals surface area contributed by atoms with Gasteiger partial charge in [-0.1, -0.05) is 36.0 Å². The lowest BCUT2D eigenvalue weighted by Gasteiger charge is -2.11. The Hall–Kier alpha value is -4.25. The number of allylic oxidation sites excluding steroid dienone is 1. The maximum Gasteiger partial charge on any atom is 0.244 e. The largest absolute Gasteiger partial charge is 0.493 e. The second-order valence-corrected chi connectivity index (χ2v) is 8.67. The summed E-state index contributed by atoms with van der Waals surface area (Å²) < 4.78 is 17.9. The fraction of sp³-hybridized carbons (Fsp3) is 0.259. The van der Waals surface area contributed by atoms with Gasteiger partial charge in [0.05, 0.1) is 38.8 Å². The van der Waals surface area contributed by atoms with Crippen LogP contribution in [0.1, 0.15) is 18.3 Å². The van der Waals surface area contributed by atoms with Crippen molar-refractivity contribution in [3.63, 3.8) is 0 Å². The molecule has 200 valence electrons. The zero-order valence-corrected chi connectivity index (χ0v) is 22.4. The van der Waals surface area contributed by atoms with Gasteiger partial charge in [-0.15, -0.1) is 16.8 Å². The molecule has 2 N–H and O–H groups in total. The first-order valence-electron chi connectivity index (χ1n) is 11.8. The van der Waals surface area contributed by atoms with Gasteiger partial charge in [0, 0.05) is 12.6 Å². The number of amides is 2. The van der Waals surface area contributed by atoms with Gasteiger partial charge >= 0.3 is 0 Å². The standard InChI is InChI=1S/C27H31N5O5S/c1-5-15-32-24(17-28-25(33)14-12-19-11-13-22(35-3)23(16-19)36-4)30-31-27(32)38-18-26(34)29-20-9-7-8-10-21(20)37-6-2/h5,7-14,16H,1,6,15,17-18H2,2-4H3,(H,28,33)(H,29,34). The summed E-state index contributed by atoms with van der Waals surface area (Å²) >= 11 is 1.24. The van der Waals surface area contributed by atoms with E-state index in [9.17, 15) is 9.59 Å². The van der Waals surface area contributed by atoms with E-state index in [1.54, 1.807) is 55.2 Å². The highest BCUT2D eigenvalue weighted by molar-refractivity contribution is 7.99. The average molecular weight is 538 g/mol. The van der Waals surface area contributed by atoms with Crippen molar-refractivity contribution in [3.05, 3.63) is 72.6 Å². The van der Waals surface area contributed by atoms with Gasteiger partial charge < -0.3 is 29.4 Å². The Morgan fingerprint density at radius 1 is 1.08 bits per heavy atom. The number of carbonyl (C=O) groups is 2. The third kappa shape index (κ3) is 7.87. The van der Waals surface area contributed by atoms with Crippen LogP contribution in [0.2, 0.25) is 0 Å². The van der Waals surface area contributed by atoms with Crippen LogP contribution in [-0.2, 0) is 22.7 Å². The summed E-state index contributed by atoms with van der Waals surface area (Å²) in [6.07, 6.45) is 4.80. The van der Waals surface area contributed by atoms with Gasteiger partial charge in [-0.05, 0) is 42.8 Å². The molecule has 0 saturated heterocycles. The second kappa shape index (κ2) is 14.5. The molecular formula is C27H31N5O5S. The van der Waals surface area contributed by atoms with Crippen molar-refractivity contribution in [1.29, 1.82) is 0 Å². The Kier molecular flexibility index (Phi) is 10.8. The third-order valence-electron chi connectivity index (χ3n) is 5.15. The predicted molar refractivity (Wildman–Crippen MR) is 148 cm³/mol. The Balaban J connectivity index is 1.58. The number of hydrogen-bond donors (Lipinski definition) is 2. The highest BCUT2D eigenvalue weighted by atomic mass is 32.2. The molecule has 11 heteroatoms. The van der Waals surface area contributed by atoms with E-state index in [1.165, 1.54) is 17.8 Å². The van der Waals surface area contributed by atoms with E-state index in [-0.39, 0.29) is 24.1 Å². The Bertz CT molecular complexity index is 1290. The lowest BCUT2D eigenvalue weighted by molar-refractivity contribution is -0.116. The molecule has 0 aliphatic carbocycles. The van der Waals surface area contributed by atoms with E-state index >= 15 is 0 Å². The van der Waals surface area contributed by atoms with Crippen LogP contribution in [0.3, 0.4) is 0 Å². The summed E-state index contributed by atoms with van der Waals surface area (Å²) in [5.74, 6) is 1.96. The quantitative estimate of drug-likeness (QED) is 0.180. The maximum absolute atomic E-state index is 12.6. The van der Waals surface area contributed by atoms with Crippen molar-refractivity contribution in [2.24, 2.45) is 0 Å². The minimum atomic E-state index is -0.297. The summed E-state index contributed by atoms with van der Waals surface area (Å²) in [5, 5.41) is 14.6. The first kappa shape index (κ1) is 28.3. The fourth-order valence-electron chi connectivity index (χ4n) is 3.39. The predicted octanol–water partition coefficient (Wildman–Crippen LogP) is 3.94. The summed E-state index contributed by atoms with van der Waals surface area (Å²) in [5.41, 5.74) is 1.39. The van der Waals surface area contributed by atoms with E-state index in [0.717, 1.165) is 5.56 Å². The molecule has 0 saturated carbocycles. The molecule has 0 unspecified atom stereocenters. The number of anilines is 1. The third-order valence-corrected chi connectivity index (χ3v) is 6.12. The Morgan fingerprint density at radius 2 is 1.87 bits per heavy atom. The Morgan fingerprint density at radius 3 is 2.61 bits per heavy atom. The molecule has 0 aliphatic heterocycles. The molecule has 1 aromatic heterocycles. The van der Waals surface area contributed by atoms with Crippen molar-refractivity contribution in [2.75, 3.05) is 31.9 Å². The van der Waals surface area contributed by atoms with Crippen LogP contribution >= 0.6 is 11.8 Å². The van der Waals surface area contributed by atoms with E-state index in [2.05, 4.69) is 27.4 Å². The molecule has 10 nitrogen and oxygen atoms in total.